The zero-order valence-electron chi connectivity index (χ0n) is 21.4. The van der Waals surface area contributed by atoms with Crippen LogP contribution in [-0.4, -0.2) is 91.6 Å². The van der Waals surface area contributed by atoms with E-state index in [9.17, 15) is 22.8 Å². The number of aliphatic carboxylic acids is 1. The number of alkyl halides is 3. The van der Waals surface area contributed by atoms with Crippen LogP contribution in [0.2, 0.25) is 0 Å². The molecule has 0 aromatic heterocycles. The Morgan fingerprint density at radius 1 is 0.692 bits per heavy atom. The number of rotatable bonds is 4. The highest BCUT2D eigenvalue weighted by Gasteiger charge is 2.38. The van der Waals surface area contributed by atoms with E-state index in [4.69, 9.17) is 19.4 Å². The molecule has 0 atom stereocenters. The molecule has 2 aromatic rings. The molecule has 0 unspecified atom stereocenters. The Labute approximate surface area is 224 Å². The van der Waals surface area contributed by atoms with Crippen molar-refractivity contribution >= 4 is 18.2 Å². The summed E-state index contributed by atoms with van der Waals surface area (Å²) >= 11 is 0. The molecule has 0 saturated carbocycles. The van der Waals surface area contributed by atoms with E-state index in [1.807, 2.05) is 60.7 Å². The first kappa shape index (κ1) is 31.4. The van der Waals surface area contributed by atoms with Crippen LogP contribution in [0.5, 0.6) is 0 Å². The first-order valence-electron chi connectivity index (χ1n) is 12.3. The van der Waals surface area contributed by atoms with E-state index in [1.54, 1.807) is 9.80 Å². The van der Waals surface area contributed by atoms with Crippen LogP contribution in [0.1, 0.15) is 11.1 Å². The van der Waals surface area contributed by atoms with Gasteiger partial charge in [-0.05, 0) is 11.1 Å². The molecule has 0 aliphatic carbocycles. The van der Waals surface area contributed by atoms with Crippen molar-refractivity contribution in [2.24, 2.45) is 0 Å². The molecule has 2 amide bonds. The van der Waals surface area contributed by atoms with Crippen LogP contribution in [0.25, 0.3) is 0 Å². The summed E-state index contributed by atoms with van der Waals surface area (Å²) in [5.74, 6) is -2.76. The Hall–Kier alpha value is -3.84. The predicted molar refractivity (Wildman–Crippen MR) is 136 cm³/mol. The molecule has 3 rings (SSSR count). The van der Waals surface area contributed by atoms with Gasteiger partial charge in [-0.15, -0.1) is 0 Å². The van der Waals surface area contributed by atoms with Gasteiger partial charge in [-0.3, -0.25) is 0 Å². The molecule has 39 heavy (non-hydrogen) atoms. The van der Waals surface area contributed by atoms with E-state index < -0.39 is 12.1 Å². The Bertz CT molecular complexity index is 930. The van der Waals surface area contributed by atoms with Crippen molar-refractivity contribution in [2.45, 2.75) is 19.4 Å². The molecular weight excluding hydrogens is 521 g/mol. The van der Waals surface area contributed by atoms with Gasteiger partial charge in [0.15, 0.2) is 0 Å². The van der Waals surface area contributed by atoms with Gasteiger partial charge in [0.25, 0.3) is 0 Å². The Kier molecular flexibility index (Phi) is 13.6. The molecule has 0 bridgehead atoms. The smallest absolute Gasteiger partial charge is 0.475 e. The summed E-state index contributed by atoms with van der Waals surface area (Å²) < 4.78 is 42.7. The van der Waals surface area contributed by atoms with Crippen molar-refractivity contribution in [3.8, 4) is 0 Å². The normalized spacial score (nSPS) is 15.1. The molecule has 1 saturated heterocycles. The van der Waals surface area contributed by atoms with Crippen LogP contribution in [0.15, 0.2) is 60.7 Å². The third-order valence-electron chi connectivity index (χ3n) is 5.40. The van der Waals surface area contributed by atoms with Crippen molar-refractivity contribution in [3.05, 3.63) is 71.8 Å². The number of hydrogen-bond acceptors (Lipinski definition) is 7. The number of ether oxygens (including phenoxy) is 2. The molecule has 10 nitrogen and oxygen atoms in total. The lowest BCUT2D eigenvalue weighted by Crippen LogP contribution is -2.46. The van der Waals surface area contributed by atoms with E-state index in [1.165, 1.54) is 0 Å². The standard InChI is InChI=1S/C24H32N4O4.C2HF3O2/c29-23(31-19-21-7-3-1-4-8-21)27-15-11-25-13-17-28(18-14-26-12-16-27)24(30)32-20-22-9-5-2-6-10-22;3-2(4,5)1(6)7/h1-10,25-26H,11-20H2;(H,6,7). The molecule has 13 heteroatoms. The van der Waals surface area contributed by atoms with E-state index in [0.29, 0.717) is 52.4 Å². The maximum Gasteiger partial charge on any atom is 0.490 e. The summed E-state index contributed by atoms with van der Waals surface area (Å²) in [7, 11) is 0. The third kappa shape index (κ3) is 13.0. The van der Waals surface area contributed by atoms with Crippen LogP contribution in [0, 0.1) is 0 Å². The van der Waals surface area contributed by atoms with Crippen molar-refractivity contribution in [3.63, 3.8) is 0 Å². The summed E-state index contributed by atoms with van der Waals surface area (Å²) in [4.78, 5) is 37.3. The van der Waals surface area contributed by atoms with E-state index in [2.05, 4.69) is 10.6 Å². The lowest BCUT2D eigenvalue weighted by atomic mass is 10.2. The highest BCUT2D eigenvalue weighted by Crippen LogP contribution is 2.13. The van der Waals surface area contributed by atoms with Gasteiger partial charge >= 0.3 is 24.3 Å². The number of nitrogens with one attached hydrogen (secondary N) is 2. The fourth-order valence-electron chi connectivity index (χ4n) is 3.32. The summed E-state index contributed by atoms with van der Waals surface area (Å²) in [6.45, 7) is 5.14. The van der Waals surface area contributed by atoms with E-state index >= 15 is 0 Å². The van der Waals surface area contributed by atoms with E-state index in [0.717, 1.165) is 11.1 Å². The van der Waals surface area contributed by atoms with Crippen LogP contribution in [-0.2, 0) is 27.5 Å². The van der Waals surface area contributed by atoms with Gasteiger partial charge in [0.05, 0.1) is 0 Å². The molecule has 2 aromatic carbocycles. The average molecular weight is 555 g/mol. The Balaban J connectivity index is 0.000000673. The first-order chi connectivity index (χ1) is 18.7. The Morgan fingerprint density at radius 3 is 1.28 bits per heavy atom. The van der Waals surface area contributed by atoms with Gasteiger partial charge in [0, 0.05) is 52.4 Å². The van der Waals surface area contributed by atoms with Crippen molar-refractivity contribution in [1.82, 2.24) is 20.4 Å². The topological polar surface area (TPSA) is 120 Å². The lowest BCUT2D eigenvalue weighted by Gasteiger charge is -2.26. The summed E-state index contributed by atoms with van der Waals surface area (Å²) in [5.41, 5.74) is 1.93. The van der Waals surface area contributed by atoms with Crippen LogP contribution >= 0.6 is 0 Å². The number of halogens is 3. The first-order valence-corrected chi connectivity index (χ1v) is 12.3. The SMILES string of the molecule is O=C(O)C(F)(F)F.O=C(OCc1ccccc1)N1CCNCCN(C(=O)OCc2ccccc2)CCNCC1. The van der Waals surface area contributed by atoms with Crippen LogP contribution in [0.4, 0.5) is 22.8 Å². The second kappa shape index (κ2) is 16.9. The number of benzene rings is 2. The highest BCUT2D eigenvalue weighted by molar-refractivity contribution is 5.73. The number of hydrogen-bond donors (Lipinski definition) is 3. The molecule has 3 N–H and O–H groups in total. The second-order valence-electron chi connectivity index (χ2n) is 8.36. The fourth-order valence-corrected chi connectivity index (χ4v) is 3.32. The maximum absolute atomic E-state index is 12.5. The van der Waals surface area contributed by atoms with Gasteiger partial charge < -0.3 is 35.0 Å². The van der Waals surface area contributed by atoms with E-state index in [-0.39, 0.29) is 25.4 Å². The number of carboxylic acids is 1. The van der Waals surface area contributed by atoms with Crippen molar-refractivity contribution in [1.29, 1.82) is 0 Å². The predicted octanol–water partition coefficient (Wildman–Crippen LogP) is 3.09. The minimum Gasteiger partial charge on any atom is -0.475 e. The third-order valence-corrected chi connectivity index (χ3v) is 5.40. The van der Waals surface area contributed by atoms with Crippen LogP contribution in [0.3, 0.4) is 0 Å². The monoisotopic (exact) mass is 554 g/mol. The zero-order chi connectivity index (χ0) is 28.5. The molecule has 0 radical (unpaired) electrons. The highest BCUT2D eigenvalue weighted by atomic mass is 19.4. The second-order valence-corrected chi connectivity index (χ2v) is 8.36. The van der Waals surface area contributed by atoms with Gasteiger partial charge in [0.1, 0.15) is 13.2 Å². The fraction of sp³-hybridized carbons (Fsp3) is 0.423. The van der Waals surface area contributed by atoms with Gasteiger partial charge in [-0.2, -0.15) is 13.2 Å². The van der Waals surface area contributed by atoms with Gasteiger partial charge in [-0.1, -0.05) is 60.7 Å². The molecule has 1 aliphatic heterocycles. The summed E-state index contributed by atoms with van der Waals surface area (Å²) in [6, 6.07) is 19.3. The molecular formula is C26H33F3N4O6. The lowest BCUT2D eigenvalue weighted by molar-refractivity contribution is -0.192. The van der Waals surface area contributed by atoms with Crippen molar-refractivity contribution in [2.75, 3.05) is 52.4 Å². The molecule has 0 spiro atoms. The van der Waals surface area contributed by atoms with Gasteiger partial charge in [0.2, 0.25) is 0 Å². The number of carbonyl (C=O) groups is 3. The van der Waals surface area contributed by atoms with Crippen LogP contribution < -0.4 is 10.6 Å². The minimum atomic E-state index is -5.08. The quantitative estimate of drug-likeness (QED) is 0.528. The Morgan fingerprint density at radius 2 is 1.00 bits per heavy atom. The number of nitrogens with zero attached hydrogens (tertiary/aromatic N) is 2. The zero-order valence-corrected chi connectivity index (χ0v) is 21.4. The molecule has 1 fully saturated rings. The average Bonchev–Trinajstić information content (AvgIpc) is 2.91. The maximum atomic E-state index is 12.5. The molecule has 1 heterocycles. The summed E-state index contributed by atoms with van der Waals surface area (Å²) in [6.07, 6.45) is -5.72. The largest absolute Gasteiger partial charge is 0.490 e. The minimum absolute atomic E-state index is 0.261. The van der Waals surface area contributed by atoms with Gasteiger partial charge in [-0.25, -0.2) is 14.4 Å². The number of carboxylic acid groups (broad SMARTS) is 1. The summed E-state index contributed by atoms with van der Waals surface area (Å²) in [5, 5.41) is 13.7. The molecule has 1 aliphatic rings. The number of carbonyl (C=O) groups excluding carboxylic acids is 2. The van der Waals surface area contributed by atoms with Crippen molar-refractivity contribution < 1.29 is 42.1 Å². The molecule has 214 valence electrons. The number of amides is 2.